The van der Waals surface area contributed by atoms with Gasteiger partial charge in [0, 0.05) is 19.3 Å². The molecule has 0 saturated heterocycles. The first kappa shape index (κ1) is 72.5. The van der Waals surface area contributed by atoms with Gasteiger partial charge in [0.25, 0.3) is 0 Å². The number of carbonyl (C=O) groups is 3. The molecule has 0 rings (SSSR count). The minimum atomic E-state index is -0.814. The summed E-state index contributed by atoms with van der Waals surface area (Å²) in [6, 6.07) is 0. The van der Waals surface area contributed by atoms with Crippen LogP contribution in [-0.2, 0) is 28.6 Å². The monoisotopic (exact) mass is 1060 g/mol. The quantitative estimate of drug-likeness (QED) is 0.0261. The maximum atomic E-state index is 12.8. The van der Waals surface area contributed by atoms with Gasteiger partial charge < -0.3 is 14.2 Å². The minimum absolute atomic E-state index is 0.105. The fourth-order valence-corrected chi connectivity index (χ4v) is 8.43. The highest BCUT2D eigenvalue weighted by molar-refractivity contribution is 5.71. The molecule has 0 bridgehead atoms. The van der Waals surface area contributed by atoms with Crippen LogP contribution in [0.4, 0.5) is 0 Å². The molecule has 6 nitrogen and oxygen atoms in total. The number of unbranched alkanes of at least 4 members (excludes halogenated alkanes) is 23. The standard InChI is InChI=1S/C71H116O6/c1-4-7-10-13-16-19-22-24-26-28-29-30-31-32-33-34-35-36-37-38-39-40-41-43-44-46-49-52-55-58-61-64-70(73)76-67-68(66-75-69(72)63-60-57-54-51-48-21-18-15-12-9-6-3)77-71(74)65-62-59-56-53-50-47-45-42-27-25-23-20-17-14-11-8-5-2/h7-8,10-11,15-20,24-27,29-30,32-33,45,47,53,56,68H,4-6,9,12-14,21-23,28,31,34-44,46,48-52,54-55,57-67H2,1-3H3/b10-7-,11-8-,18-15-,19-16-,20-17-,26-24-,27-25-,30-29-,33-32-,47-45-,56-53-. The number of hydrogen-bond acceptors (Lipinski definition) is 6. The number of esters is 3. The smallest absolute Gasteiger partial charge is 0.306 e. The van der Waals surface area contributed by atoms with E-state index in [9.17, 15) is 14.4 Å². The van der Waals surface area contributed by atoms with Crippen LogP contribution in [0, 0.1) is 0 Å². The van der Waals surface area contributed by atoms with E-state index in [-0.39, 0.29) is 37.5 Å². The average Bonchev–Trinajstić information content (AvgIpc) is 3.43. The molecule has 0 N–H and O–H groups in total. The van der Waals surface area contributed by atoms with Gasteiger partial charge in [-0.3, -0.25) is 14.4 Å². The van der Waals surface area contributed by atoms with E-state index in [0.29, 0.717) is 19.3 Å². The highest BCUT2D eigenvalue weighted by atomic mass is 16.6. The molecular weight excluding hydrogens is 949 g/mol. The number of ether oxygens (including phenoxy) is 3. The zero-order valence-electron chi connectivity index (χ0n) is 49.9. The van der Waals surface area contributed by atoms with Crippen LogP contribution in [0.1, 0.15) is 278 Å². The Hall–Kier alpha value is -4.45. The van der Waals surface area contributed by atoms with Gasteiger partial charge in [-0.1, -0.05) is 270 Å². The molecule has 0 saturated carbocycles. The molecule has 0 amide bonds. The molecule has 1 atom stereocenters. The van der Waals surface area contributed by atoms with E-state index in [4.69, 9.17) is 14.2 Å². The van der Waals surface area contributed by atoms with Gasteiger partial charge in [0.15, 0.2) is 6.10 Å². The van der Waals surface area contributed by atoms with Crippen LogP contribution in [-0.4, -0.2) is 37.2 Å². The molecule has 436 valence electrons. The summed E-state index contributed by atoms with van der Waals surface area (Å²) in [6.45, 7) is 6.32. The molecule has 0 aliphatic rings. The predicted octanol–water partition coefficient (Wildman–Crippen LogP) is 21.8. The predicted molar refractivity (Wildman–Crippen MR) is 334 cm³/mol. The summed E-state index contributed by atoms with van der Waals surface area (Å²) in [4.78, 5) is 38.2. The Bertz CT molecular complexity index is 1650. The van der Waals surface area contributed by atoms with Crippen molar-refractivity contribution in [1.29, 1.82) is 0 Å². The Morgan fingerprint density at radius 1 is 0.273 bits per heavy atom. The van der Waals surface area contributed by atoms with Crippen molar-refractivity contribution >= 4 is 17.9 Å². The maximum Gasteiger partial charge on any atom is 0.306 e. The molecule has 0 aromatic rings. The summed E-state index contributed by atoms with van der Waals surface area (Å²) in [5.74, 6) is -0.974. The summed E-state index contributed by atoms with van der Waals surface area (Å²) in [5.41, 5.74) is 0. The lowest BCUT2D eigenvalue weighted by molar-refractivity contribution is -0.167. The molecule has 0 aromatic heterocycles. The van der Waals surface area contributed by atoms with Gasteiger partial charge in [-0.05, 0) is 122 Å². The Kier molecular flexibility index (Phi) is 60.4. The van der Waals surface area contributed by atoms with Crippen molar-refractivity contribution in [2.45, 2.75) is 284 Å². The summed E-state index contributed by atoms with van der Waals surface area (Å²) < 4.78 is 16.8. The lowest BCUT2D eigenvalue weighted by Gasteiger charge is -2.18. The first-order chi connectivity index (χ1) is 38.0. The van der Waals surface area contributed by atoms with Crippen molar-refractivity contribution in [3.8, 4) is 0 Å². The molecule has 0 fully saturated rings. The van der Waals surface area contributed by atoms with Crippen molar-refractivity contribution in [2.75, 3.05) is 13.2 Å². The highest BCUT2D eigenvalue weighted by Crippen LogP contribution is 2.16. The molecular formula is C71H116O6. The average molecular weight is 1070 g/mol. The normalized spacial score (nSPS) is 13.0. The molecule has 0 aromatic carbocycles. The van der Waals surface area contributed by atoms with E-state index < -0.39 is 6.10 Å². The van der Waals surface area contributed by atoms with E-state index in [1.807, 2.05) is 0 Å². The van der Waals surface area contributed by atoms with Gasteiger partial charge in [-0.15, -0.1) is 0 Å². The fourth-order valence-electron chi connectivity index (χ4n) is 8.43. The first-order valence-corrected chi connectivity index (χ1v) is 31.7. The minimum Gasteiger partial charge on any atom is -0.462 e. The Labute approximate surface area is 475 Å². The highest BCUT2D eigenvalue weighted by Gasteiger charge is 2.19. The van der Waals surface area contributed by atoms with Crippen LogP contribution < -0.4 is 0 Å². The molecule has 0 aliphatic heterocycles. The summed E-state index contributed by atoms with van der Waals surface area (Å²) in [5, 5.41) is 0. The first-order valence-electron chi connectivity index (χ1n) is 31.7. The maximum absolute atomic E-state index is 12.8. The third kappa shape index (κ3) is 62.3. The van der Waals surface area contributed by atoms with Crippen LogP contribution in [0.25, 0.3) is 0 Å². The summed E-state index contributed by atoms with van der Waals surface area (Å²) in [7, 11) is 0. The largest absolute Gasteiger partial charge is 0.462 e. The van der Waals surface area contributed by atoms with Gasteiger partial charge in [0.1, 0.15) is 13.2 Å². The summed E-state index contributed by atoms with van der Waals surface area (Å²) in [6.07, 6.45) is 90.5. The number of allylic oxidation sites excluding steroid dienone is 22. The van der Waals surface area contributed by atoms with Crippen molar-refractivity contribution in [3.05, 3.63) is 134 Å². The summed E-state index contributed by atoms with van der Waals surface area (Å²) >= 11 is 0. The SMILES string of the molecule is CC/C=C\C/C=C\C/C=C\C/C=C\C/C=C\CCCCCCCCCCCCCCCCCC(=O)OCC(COC(=O)CCCCCCC/C=C\CCCC)OC(=O)CCC/C=C\C/C=C\C/C=C\C/C=C\C/C=C\CC. The second kappa shape index (κ2) is 64.1. The number of hydrogen-bond donors (Lipinski definition) is 0. The lowest BCUT2D eigenvalue weighted by atomic mass is 10.0. The van der Waals surface area contributed by atoms with Gasteiger partial charge in [0.05, 0.1) is 0 Å². The van der Waals surface area contributed by atoms with Gasteiger partial charge in [0.2, 0.25) is 0 Å². The molecule has 0 radical (unpaired) electrons. The molecule has 6 heteroatoms. The molecule has 0 aliphatic carbocycles. The van der Waals surface area contributed by atoms with Crippen LogP contribution >= 0.6 is 0 Å². The van der Waals surface area contributed by atoms with E-state index in [2.05, 4.69) is 154 Å². The Balaban J connectivity index is 4.25. The zero-order valence-corrected chi connectivity index (χ0v) is 49.9. The van der Waals surface area contributed by atoms with Crippen LogP contribution in [0.15, 0.2) is 134 Å². The second-order valence-electron chi connectivity index (χ2n) is 20.5. The van der Waals surface area contributed by atoms with Crippen LogP contribution in [0.2, 0.25) is 0 Å². The third-order valence-electron chi connectivity index (χ3n) is 13.1. The van der Waals surface area contributed by atoms with Crippen molar-refractivity contribution in [2.24, 2.45) is 0 Å². The molecule has 0 spiro atoms. The fraction of sp³-hybridized carbons (Fsp3) is 0.648. The van der Waals surface area contributed by atoms with Gasteiger partial charge >= 0.3 is 17.9 Å². The van der Waals surface area contributed by atoms with Gasteiger partial charge in [-0.2, -0.15) is 0 Å². The third-order valence-corrected chi connectivity index (χ3v) is 13.1. The van der Waals surface area contributed by atoms with E-state index in [1.54, 1.807) is 0 Å². The van der Waals surface area contributed by atoms with Crippen molar-refractivity contribution in [3.63, 3.8) is 0 Å². The molecule has 77 heavy (non-hydrogen) atoms. The van der Waals surface area contributed by atoms with Crippen molar-refractivity contribution < 1.29 is 28.6 Å². The van der Waals surface area contributed by atoms with Crippen molar-refractivity contribution in [1.82, 2.24) is 0 Å². The molecule has 0 heterocycles. The van der Waals surface area contributed by atoms with E-state index in [0.717, 1.165) is 122 Å². The molecule has 1 unspecified atom stereocenters. The number of carbonyl (C=O) groups excluding carboxylic acids is 3. The second-order valence-corrected chi connectivity index (χ2v) is 20.5. The topological polar surface area (TPSA) is 78.9 Å². The lowest BCUT2D eigenvalue weighted by Crippen LogP contribution is -2.30. The van der Waals surface area contributed by atoms with E-state index >= 15 is 0 Å². The van der Waals surface area contributed by atoms with Crippen LogP contribution in [0.3, 0.4) is 0 Å². The van der Waals surface area contributed by atoms with E-state index in [1.165, 1.54) is 109 Å². The Morgan fingerprint density at radius 3 is 0.844 bits per heavy atom. The van der Waals surface area contributed by atoms with Gasteiger partial charge in [-0.25, -0.2) is 0 Å². The van der Waals surface area contributed by atoms with Crippen LogP contribution in [0.5, 0.6) is 0 Å². The number of rotatable bonds is 56. The Morgan fingerprint density at radius 2 is 0.519 bits per heavy atom. The zero-order chi connectivity index (χ0) is 55.7.